The third kappa shape index (κ3) is 4.17. The van der Waals surface area contributed by atoms with Gasteiger partial charge in [0.2, 0.25) is 0 Å². The zero-order chi connectivity index (χ0) is 19.3. The molecule has 148 valence electrons. The Kier molecular flexibility index (Phi) is 5.57. The van der Waals surface area contributed by atoms with Gasteiger partial charge in [0.15, 0.2) is 12.3 Å². The van der Waals surface area contributed by atoms with Crippen molar-refractivity contribution in [1.29, 1.82) is 0 Å². The summed E-state index contributed by atoms with van der Waals surface area (Å²) >= 11 is 0. The molecule has 4 rings (SSSR count). The molecule has 4 heterocycles. The van der Waals surface area contributed by atoms with Crippen molar-refractivity contribution in [2.24, 2.45) is 0 Å². The Morgan fingerprint density at radius 2 is 1.75 bits per heavy atom. The maximum Gasteiger partial charge on any atom is 0.289 e. The molecule has 2 aliphatic heterocycles. The van der Waals surface area contributed by atoms with Crippen LogP contribution in [0.2, 0.25) is 0 Å². The van der Waals surface area contributed by atoms with E-state index in [4.69, 9.17) is 4.42 Å². The van der Waals surface area contributed by atoms with Gasteiger partial charge in [-0.2, -0.15) is 0 Å². The molecule has 2 aliphatic rings. The number of rotatable bonds is 4. The number of aromatic amines is 1. The highest BCUT2D eigenvalue weighted by molar-refractivity contribution is 5.91. The Labute approximate surface area is 164 Å². The third-order valence-electron chi connectivity index (χ3n) is 5.56. The minimum absolute atomic E-state index is 0.0655. The minimum atomic E-state index is -0.0655. The summed E-state index contributed by atoms with van der Waals surface area (Å²) in [5.74, 6) is 1.62. The molecule has 8 nitrogen and oxygen atoms in total. The summed E-state index contributed by atoms with van der Waals surface area (Å²) in [6.07, 6.45) is 3.44. The van der Waals surface area contributed by atoms with Crippen LogP contribution in [0.4, 0.5) is 5.82 Å². The van der Waals surface area contributed by atoms with Crippen LogP contribution in [0.15, 0.2) is 47.2 Å². The van der Waals surface area contributed by atoms with Crippen LogP contribution in [0.1, 0.15) is 10.6 Å². The average Bonchev–Trinajstić information content (AvgIpc) is 3.29. The first-order chi connectivity index (χ1) is 13.7. The smallest absolute Gasteiger partial charge is 0.289 e. The van der Waals surface area contributed by atoms with Crippen molar-refractivity contribution < 1.29 is 23.9 Å². The van der Waals surface area contributed by atoms with Gasteiger partial charge in [0, 0.05) is 6.07 Å². The zero-order valence-electron chi connectivity index (χ0n) is 16.0. The van der Waals surface area contributed by atoms with Gasteiger partial charge < -0.3 is 19.1 Å². The van der Waals surface area contributed by atoms with E-state index in [0.717, 1.165) is 45.1 Å². The number of nitrogens with one attached hydrogen (secondary N) is 2. The van der Waals surface area contributed by atoms with Crippen LogP contribution < -0.4 is 14.8 Å². The molecule has 2 fully saturated rings. The molecule has 0 aromatic carbocycles. The van der Waals surface area contributed by atoms with Crippen LogP contribution in [-0.4, -0.2) is 80.5 Å². The van der Waals surface area contributed by atoms with Gasteiger partial charge in [0.1, 0.15) is 13.1 Å². The summed E-state index contributed by atoms with van der Waals surface area (Å²) in [5.41, 5.74) is 0. The van der Waals surface area contributed by atoms with Crippen LogP contribution in [0, 0.1) is 0 Å². The van der Waals surface area contributed by atoms with Crippen molar-refractivity contribution >= 4 is 17.6 Å². The fraction of sp³-hybridized carbons (Fsp3) is 0.450. The van der Waals surface area contributed by atoms with Crippen LogP contribution in [-0.2, 0) is 4.79 Å². The van der Waals surface area contributed by atoms with E-state index in [1.807, 2.05) is 28.1 Å². The molecule has 0 radical (unpaired) electrons. The summed E-state index contributed by atoms with van der Waals surface area (Å²) in [7, 11) is 0. The number of hydrogen-bond donors (Lipinski definition) is 1. The second-order valence-electron chi connectivity index (χ2n) is 7.31. The largest absolute Gasteiger partial charge is 0.459 e. The van der Waals surface area contributed by atoms with Crippen molar-refractivity contribution in [2.45, 2.75) is 0 Å². The molecule has 0 bridgehead atoms. The van der Waals surface area contributed by atoms with Crippen molar-refractivity contribution in [3.8, 4) is 0 Å². The number of carbonyl (C=O) groups excluding carboxylic acids is 2. The van der Waals surface area contributed by atoms with Crippen molar-refractivity contribution in [1.82, 2.24) is 9.80 Å². The summed E-state index contributed by atoms with van der Waals surface area (Å²) in [4.78, 5) is 35.6. The molecule has 0 aliphatic carbocycles. The van der Waals surface area contributed by atoms with E-state index in [-0.39, 0.29) is 11.8 Å². The summed E-state index contributed by atoms with van der Waals surface area (Å²) in [5, 5.41) is 0. The van der Waals surface area contributed by atoms with Gasteiger partial charge in [-0.1, -0.05) is 6.07 Å². The van der Waals surface area contributed by atoms with Crippen LogP contribution in [0.25, 0.3) is 0 Å². The number of pyridine rings is 1. The van der Waals surface area contributed by atoms with Gasteiger partial charge >= 0.3 is 0 Å². The van der Waals surface area contributed by atoms with E-state index in [9.17, 15) is 9.59 Å². The summed E-state index contributed by atoms with van der Waals surface area (Å²) in [6.45, 7) is 6.56. The lowest BCUT2D eigenvalue weighted by Gasteiger charge is -2.34. The zero-order valence-corrected chi connectivity index (χ0v) is 16.0. The van der Waals surface area contributed by atoms with Gasteiger partial charge in [0.05, 0.1) is 51.7 Å². The van der Waals surface area contributed by atoms with Gasteiger partial charge in [-0.05, 0) is 18.2 Å². The van der Waals surface area contributed by atoms with E-state index in [1.165, 1.54) is 11.2 Å². The number of furan rings is 1. The SMILES string of the molecule is O=C(C[NH+]1CCN(C(=O)c2ccco2)CC1)N1CCN(c2cccc[nH+]2)CC1. The molecule has 2 aromatic rings. The second-order valence-corrected chi connectivity index (χ2v) is 7.31. The van der Waals surface area contributed by atoms with Crippen LogP contribution >= 0.6 is 0 Å². The lowest BCUT2D eigenvalue weighted by atomic mass is 10.2. The van der Waals surface area contributed by atoms with E-state index in [2.05, 4.69) is 16.0 Å². The second kappa shape index (κ2) is 8.43. The van der Waals surface area contributed by atoms with Gasteiger partial charge in [0.25, 0.3) is 17.6 Å². The predicted octanol–water partition coefficient (Wildman–Crippen LogP) is -1.22. The van der Waals surface area contributed by atoms with Gasteiger partial charge in [-0.25, -0.2) is 4.98 Å². The summed E-state index contributed by atoms with van der Waals surface area (Å²) < 4.78 is 5.19. The first-order valence-electron chi connectivity index (χ1n) is 9.86. The minimum Gasteiger partial charge on any atom is -0.459 e. The monoisotopic (exact) mass is 385 g/mol. The molecule has 0 unspecified atom stereocenters. The number of aromatic nitrogens is 1. The number of carbonyl (C=O) groups is 2. The van der Waals surface area contributed by atoms with Crippen LogP contribution in [0.5, 0.6) is 0 Å². The topological polar surface area (TPSA) is 75.6 Å². The number of quaternary nitrogens is 1. The van der Waals surface area contributed by atoms with E-state index in [0.29, 0.717) is 25.4 Å². The fourth-order valence-corrected chi connectivity index (χ4v) is 3.86. The molecule has 2 amide bonds. The number of hydrogen-bond acceptors (Lipinski definition) is 4. The molecule has 0 saturated carbocycles. The quantitative estimate of drug-likeness (QED) is 0.716. The average molecular weight is 385 g/mol. The Bertz CT molecular complexity index is 779. The number of nitrogens with zero attached hydrogens (tertiary/aromatic N) is 3. The molecule has 0 atom stereocenters. The van der Waals surface area contributed by atoms with Crippen molar-refractivity contribution in [3.63, 3.8) is 0 Å². The number of anilines is 1. The van der Waals surface area contributed by atoms with Crippen molar-refractivity contribution in [3.05, 3.63) is 48.6 Å². The molecular weight excluding hydrogens is 358 g/mol. The maximum absolute atomic E-state index is 12.7. The normalized spacial score (nSPS) is 18.4. The standard InChI is InChI=1S/C20H25N5O3/c26-19(24-13-11-23(12-14-24)18-5-1-2-6-21-18)16-22-7-9-25(10-8-22)20(27)17-4-3-15-28-17/h1-6,15H,7-14,16H2/p+2. The Balaban J connectivity index is 1.21. The lowest BCUT2D eigenvalue weighted by molar-refractivity contribution is -0.896. The van der Waals surface area contributed by atoms with E-state index >= 15 is 0 Å². The number of piperazine rings is 2. The molecular formula is C20H27N5O3+2. The Morgan fingerprint density at radius 1 is 0.964 bits per heavy atom. The fourth-order valence-electron chi connectivity index (χ4n) is 3.86. The third-order valence-corrected chi connectivity index (χ3v) is 5.56. The predicted molar refractivity (Wildman–Crippen MR) is 102 cm³/mol. The highest BCUT2D eigenvalue weighted by atomic mass is 16.3. The van der Waals surface area contributed by atoms with E-state index in [1.54, 1.807) is 12.1 Å². The van der Waals surface area contributed by atoms with E-state index < -0.39 is 0 Å². The lowest BCUT2D eigenvalue weighted by Crippen LogP contribution is -3.15. The highest BCUT2D eigenvalue weighted by Crippen LogP contribution is 2.10. The molecule has 28 heavy (non-hydrogen) atoms. The number of H-pyrrole nitrogens is 1. The maximum atomic E-state index is 12.7. The highest BCUT2D eigenvalue weighted by Gasteiger charge is 2.31. The van der Waals surface area contributed by atoms with Crippen LogP contribution in [0.3, 0.4) is 0 Å². The molecule has 2 N–H and O–H groups in total. The van der Waals surface area contributed by atoms with Gasteiger partial charge in [-0.3, -0.25) is 14.5 Å². The Morgan fingerprint density at radius 3 is 2.39 bits per heavy atom. The first-order valence-corrected chi connectivity index (χ1v) is 9.86. The number of amides is 2. The van der Waals surface area contributed by atoms with Gasteiger partial charge in [-0.15, -0.1) is 0 Å². The molecule has 2 saturated heterocycles. The summed E-state index contributed by atoms with van der Waals surface area (Å²) in [6, 6.07) is 9.46. The molecule has 2 aromatic heterocycles. The van der Waals surface area contributed by atoms with Crippen molar-refractivity contribution in [2.75, 3.05) is 63.8 Å². The Hall–Kier alpha value is -2.87. The molecule has 0 spiro atoms. The first kappa shape index (κ1) is 18.5. The molecule has 8 heteroatoms.